The molecule has 14 heteroatoms. The average molecular weight is 1050 g/mol. The van der Waals surface area contributed by atoms with Gasteiger partial charge in [0.2, 0.25) is 0 Å². The van der Waals surface area contributed by atoms with E-state index in [1.165, 1.54) is 5.57 Å². The monoisotopic (exact) mass is 1050 g/mol. The highest BCUT2D eigenvalue weighted by Crippen LogP contribution is 2.38. The van der Waals surface area contributed by atoms with Gasteiger partial charge in [-0.05, 0) is 107 Å². The fraction of sp³-hybridized carbons (Fsp3) is 0.755. The lowest BCUT2D eigenvalue weighted by Crippen LogP contribution is -2.66. The maximum absolute atomic E-state index is 11.5. The molecule has 2 rings (SSSR count). The molecular weight excluding hydrogens is 960 g/mol. The van der Waals surface area contributed by atoms with E-state index in [0.717, 1.165) is 72.1 Å². The first-order valence-electron chi connectivity index (χ1n) is 24.1. The Labute approximate surface area is 401 Å². The summed E-state index contributed by atoms with van der Waals surface area (Å²) in [4.78, 5) is 0. The third-order valence-electron chi connectivity index (χ3n) is 14.0. The standard InChI is InChI=1S/C49H89IO10Si3/c1-15-61(16-2,17-3)56-37-44-46(59-62(18-4,19-5)20-6)47(54-14)48(60-63(21-7,22-8)23-9)49(58-44)57-42(35-45(51)55-36-40-29-31-41(52-12)32-30-40)27-24-28-43(53-13)39(11)34-38(10)26-25-33-50/h24-25,27,29-34,38,42-49,51H,15-23,26,28,35-37H2,1-14H3/b27-24+,33-25+,39-34+/t38-,42+,43-,44+,45?,46+,47-,48+,49+/m0/s1. The van der Waals surface area contributed by atoms with Gasteiger partial charge in [0.05, 0.1) is 32.5 Å². The molecule has 364 valence electrons. The van der Waals surface area contributed by atoms with Crippen molar-refractivity contribution in [2.45, 2.75) is 206 Å². The molecular formula is C49H89IO10Si3. The van der Waals surface area contributed by atoms with E-state index in [2.05, 4.69) is 121 Å². The number of methoxy groups -OCH3 is 3. The van der Waals surface area contributed by atoms with Crippen LogP contribution in [0.1, 0.15) is 101 Å². The van der Waals surface area contributed by atoms with Gasteiger partial charge >= 0.3 is 0 Å². The Hall–Kier alpha value is -0.739. The number of aliphatic hydroxyl groups excluding tert-OH is 1. The van der Waals surface area contributed by atoms with Crippen LogP contribution in [0, 0.1) is 5.92 Å². The van der Waals surface area contributed by atoms with E-state index in [9.17, 15) is 5.11 Å². The Kier molecular flexibility index (Phi) is 28.4. The summed E-state index contributed by atoms with van der Waals surface area (Å²) in [6.07, 6.45) is 5.76. The quantitative estimate of drug-likeness (QED) is 0.0317. The normalized spacial score (nSPS) is 22.5. The fourth-order valence-electron chi connectivity index (χ4n) is 8.80. The molecule has 9 atom stereocenters. The number of hydrogen-bond donors (Lipinski definition) is 1. The molecule has 1 aliphatic rings. The zero-order chi connectivity index (χ0) is 47.1. The molecule has 0 radical (unpaired) electrons. The van der Waals surface area contributed by atoms with Crippen LogP contribution in [0.25, 0.3) is 0 Å². The summed E-state index contributed by atoms with van der Waals surface area (Å²) >= 11 is 2.27. The molecule has 0 aliphatic carbocycles. The number of aliphatic hydroxyl groups is 1. The zero-order valence-electron chi connectivity index (χ0n) is 41.8. The van der Waals surface area contributed by atoms with E-state index in [-0.39, 0.29) is 19.1 Å². The summed E-state index contributed by atoms with van der Waals surface area (Å²) in [6.45, 7) is 25.2. The first-order chi connectivity index (χ1) is 30.2. The zero-order valence-corrected chi connectivity index (χ0v) is 46.9. The van der Waals surface area contributed by atoms with Gasteiger partial charge in [-0.15, -0.1) is 0 Å². The van der Waals surface area contributed by atoms with Gasteiger partial charge in [0, 0.05) is 20.6 Å². The van der Waals surface area contributed by atoms with Crippen LogP contribution in [0.4, 0.5) is 0 Å². The van der Waals surface area contributed by atoms with Crippen LogP contribution in [-0.4, -0.2) is 107 Å². The van der Waals surface area contributed by atoms with Crippen LogP contribution in [0.3, 0.4) is 0 Å². The molecule has 0 bridgehead atoms. The maximum atomic E-state index is 11.5. The van der Waals surface area contributed by atoms with Crippen molar-refractivity contribution >= 4 is 47.5 Å². The Balaban J connectivity index is 2.71. The molecule has 1 saturated heterocycles. The van der Waals surface area contributed by atoms with E-state index in [1.54, 1.807) is 21.3 Å². The molecule has 0 amide bonds. The molecule has 1 N–H and O–H groups in total. The van der Waals surface area contributed by atoms with Crippen molar-refractivity contribution in [2.24, 2.45) is 5.92 Å². The summed E-state index contributed by atoms with van der Waals surface area (Å²) in [7, 11) is -1.28. The first kappa shape index (κ1) is 58.4. The summed E-state index contributed by atoms with van der Waals surface area (Å²) in [5, 5.41) is 11.5. The molecule has 63 heavy (non-hydrogen) atoms. The lowest BCUT2D eigenvalue weighted by molar-refractivity contribution is -0.307. The van der Waals surface area contributed by atoms with E-state index in [0.29, 0.717) is 18.9 Å². The molecule has 0 saturated carbocycles. The molecule has 0 aromatic heterocycles. The number of halogens is 1. The molecule has 1 aliphatic heterocycles. The van der Waals surface area contributed by atoms with Crippen molar-refractivity contribution in [3.8, 4) is 5.75 Å². The van der Waals surface area contributed by atoms with Crippen LogP contribution < -0.4 is 4.74 Å². The van der Waals surface area contributed by atoms with Crippen molar-refractivity contribution in [1.82, 2.24) is 0 Å². The van der Waals surface area contributed by atoms with Crippen LogP contribution in [-0.2, 0) is 43.6 Å². The largest absolute Gasteiger partial charge is 0.497 e. The maximum Gasteiger partial charge on any atom is 0.192 e. The van der Waals surface area contributed by atoms with Crippen molar-refractivity contribution in [3.63, 3.8) is 0 Å². The Morgan fingerprint density at radius 2 is 1.32 bits per heavy atom. The second-order valence-corrected chi connectivity index (χ2v) is 32.3. The van der Waals surface area contributed by atoms with E-state index >= 15 is 0 Å². The molecule has 1 fully saturated rings. The third kappa shape index (κ3) is 18.0. The molecule has 1 unspecified atom stereocenters. The molecule has 0 spiro atoms. The number of allylic oxidation sites excluding steroid dienone is 2. The molecule has 1 heterocycles. The minimum atomic E-state index is -2.26. The summed E-state index contributed by atoms with van der Waals surface area (Å²) < 4.78 is 62.4. The smallest absolute Gasteiger partial charge is 0.192 e. The highest BCUT2D eigenvalue weighted by Gasteiger charge is 2.53. The molecule has 1 aromatic rings. The lowest BCUT2D eigenvalue weighted by Gasteiger charge is -2.51. The van der Waals surface area contributed by atoms with Crippen LogP contribution in [0.15, 0.2) is 58.2 Å². The van der Waals surface area contributed by atoms with Gasteiger partial charge < -0.3 is 46.8 Å². The lowest BCUT2D eigenvalue weighted by atomic mass is 9.98. The second-order valence-electron chi connectivity index (χ2n) is 17.3. The van der Waals surface area contributed by atoms with Crippen molar-refractivity contribution in [1.29, 1.82) is 0 Å². The van der Waals surface area contributed by atoms with Gasteiger partial charge in [0.15, 0.2) is 37.5 Å². The average Bonchev–Trinajstić information content (AvgIpc) is 3.31. The van der Waals surface area contributed by atoms with Gasteiger partial charge in [-0.3, -0.25) is 0 Å². The number of hydrogen-bond acceptors (Lipinski definition) is 10. The molecule has 1 aromatic carbocycles. The second kappa shape index (κ2) is 30.6. The number of rotatable bonds is 33. The van der Waals surface area contributed by atoms with Gasteiger partial charge in [-0.2, -0.15) is 0 Å². The van der Waals surface area contributed by atoms with Crippen molar-refractivity contribution in [3.05, 3.63) is 63.8 Å². The van der Waals surface area contributed by atoms with E-state index in [4.69, 9.17) is 41.7 Å². The molecule has 10 nitrogen and oxygen atoms in total. The Morgan fingerprint density at radius 1 is 0.762 bits per heavy atom. The minimum absolute atomic E-state index is 0.117. The third-order valence-corrected chi connectivity index (χ3v) is 28.4. The Morgan fingerprint density at radius 3 is 1.81 bits per heavy atom. The van der Waals surface area contributed by atoms with E-state index in [1.807, 2.05) is 30.3 Å². The summed E-state index contributed by atoms with van der Waals surface area (Å²) in [6, 6.07) is 16.6. The first-order valence-corrected chi connectivity index (χ1v) is 33.0. The number of benzene rings is 1. The van der Waals surface area contributed by atoms with Crippen LogP contribution in [0.2, 0.25) is 54.4 Å². The number of ether oxygens (including phenoxy) is 6. The summed E-state index contributed by atoms with van der Waals surface area (Å²) in [5.41, 5.74) is 2.10. The topological polar surface area (TPSA) is 103 Å². The van der Waals surface area contributed by atoms with Crippen LogP contribution >= 0.6 is 22.6 Å². The van der Waals surface area contributed by atoms with Crippen LogP contribution in [0.5, 0.6) is 5.75 Å². The fourth-order valence-corrected chi connectivity index (χ4v) is 17.4. The minimum Gasteiger partial charge on any atom is -0.497 e. The highest BCUT2D eigenvalue weighted by atomic mass is 127. The predicted molar refractivity (Wildman–Crippen MR) is 275 cm³/mol. The van der Waals surface area contributed by atoms with Gasteiger partial charge in [-0.1, -0.05) is 128 Å². The predicted octanol–water partition coefficient (Wildman–Crippen LogP) is 12.7. The van der Waals surface area contributed by atoms with Gasteiger partial charge in [0.25, 0.3) is 0 Å². The highest BCUT2D eigenvalue weighted by molar-refractivity contribution is 14.1. The van der Waals surface area contributed by atoms with E-state index < -0.39 is 68.1 Å². The summed E-state index contributed by atoms with van der Waals surface area (Å²) in [5.74, 6) is 1.15. The van der Waals surface area contributed by atoms with Gasteiger partial charge in [-0.25, -0.2) is 0 Å². The van der Waals surface area contributed by atoms with Crippen molar-refractivity contribution in [2.75, 3.05) is 27.9 Å². The Bertz CT molecular complexity index is 1430. The van der Waals surface area contributed by atoms with Gasteiger partial charge in [0.1, 0.15) is 30.2 Å². The SMILES string of the molecule is CC[Si](CC)(CC)OC[C@H]1O[C@@H](O[C@H](/C=C/C[C@H](OC)/C(C)=C/[C@@H](C)C/C=C/I)CC(O)OCc2ccc(OC)cc2)[C@H](O[Si](CC)(CC)CC)[C@@H](OC)[C@@H]1O[Si](CC)(CC)CC. The van der Waals surface area contributed by atoms with Crippen molar-refractivity contribution < 1.29 is 46.8 Å².